The Kier molecular flexibility index (Phi) is 6.21. The Morgan fingerprint density at radius 3 is 2.46 bits per heavy atom. The summed E-state index contributed by atoms with van der Waals surface area (Å²) in [5.74, 6) is 0.0546. The van der Waals surface area contributed by atoms with Crippen molar-refractivity contribution in [2.45, 2.75) is 0 Å². The number of nitrogens with zero attached hydrogens (tertiary/aromatic N) is 3. The van der Waals surface area contributed by atoms with Gasteiger partial charge in [-0.25, -0.2) is 4.39 Å². The van der Waals surface area contributed by atoms with Crippen molar-refractivity contribution < 1.29 is 13.7 Å². The smallest absolute Gasteiger partial charge is 0.276 e. The van der Waals surface area contributed by atoms with Gasteiger partial charge in [0, 0.05) is 37.8 Å². The lowest BCUT2D eigenvalue weighted by Gasteiger charge is -2.36. The van der Waals surface area contributed by atoms with Crippen LogP contribution in [0.1, 0.15) is 10.5 Å². The number of piperazine rings is 1. The third-order valence-corrected chi connectivity index (χ3v) is 4.92. The minimum absolute atomic E-state index is 0. The van der Waals surface area contributed by atoms with Crippen molar-refractivity contribution in [2.24, 2.45) is 0 Å². The first-order valence-electron chi connectivity index (χ1n) is 8.63. The highest BCUT2D eigenvalue weighted by Crippen LogP contribution is 2.28. The number of hydrogen-bond acceptors (Lipinski definition) is 4. The van der Waals surface area contributed by atoms with Crippen LogP contribution in [-0.4, -0.2) is 42.1 Å². The quantitative estimate of drug-likeness (QED) is 0.623. The van der Waals surface area contributed by atoms with Gasteiger partial charge in [-0.05, 0) is 18.2 Å². The van der Waals surface area contributed by atoms with E-state index in [0.29, 0.717) is 42.6 Å². The van der Waals surface area contributed by atoms with E-state index in [9.17, 15) is 9.18 Å². The van der Waals surface area contributed by atoms with Gasteiger partial charge < -0.3 is 14.3 Å². The van der Waals surface area contributed by atoms with Crippen LogP contribution < -0.4 is 4.90 Å². The molecule has 5 nitrogen and oxygen atoms in total. The van der Waals surface area contributed by atoms with E-state index < -0.39 is 0 Å². The maximum atomic E-state index is 13.5. The number of carbonyl (C=O) groups excluding carboxylic acids is 1. The highest BCUT2D eigenvalue weighted by atomic mass is 35.5. The molecule has 2 aromatic carbocycles. The zero-order chi connectivity index (χ0) is 18.8. The van der Waals surface area contributed by atoms with Gasteiger partial charge in [-0.15, -0.1) is 12.4 Å². The molecule has 0 atom stereocenters. The molecular formula is C20H18Cl2FN3O2. The summed E-state index contributed by atoms with van der Waals surface area (Å²) in [7, 11) is 0. The molecule has 3 aromatic rings. The second kappa shape index (κ2) is 8.63. The number of aromatic nitrogens is 1. The molecule has 0 unspecified atom stereocenters. The molecule has 0 aliphatic carbocycles. The molecule has 8 heteroatoms. The van der Waals surface area contributed by atoms with Crippen LogP contribution >= 0.6 is 24.0 Å². The van der Waals surface area contributed by atoms with Gasteiger partial charge in [-0.2, -0.15) is 0 Å². The van der Waals surface area contributed by atoms with Gasteiger partial charge in [0.05, 0.1) is 10.7 Å². The van der Waals surface area contributed by atoms with Gasteiger partial charge in [-0.1, -0.05) is 47.1 Å². The fraction of sp³-hybridized carbons (Fsp3) is 0.200. The third kappa shape index (κ3) is 4.13. The molecule has 1 amide bonds. The first-order chi connectivity index (χ1) is 13.1. The number of amides is 1. The Morgan fingerprint density at radius 1 is 1.04 bits per heavy atom. The van der Waals surface area contributed by atoms with Crippen molar-refractivity contribution in [2.75, 3.05) is 31.1 Å². The predicted molar refractivity (Wildman–Crippen MR) is 109 cm³/mol. The maximum Gasteiger partial charge on any atom is 0.276 e. The van der Waals surface area contributed by atoms with Gasteiger partial charge >= 0.3 is 0 Å². The Labute approximate surface area is 173 Å². The largest absolute Gasteiger partial charge is 0.367 e. The molecule has 1 aromatic heterocycles. The minimum Gasteiger partial charge on any atom is -0.367 e. The molecule has 0 spiro atoms. The van der Waals surface area contributed by atoms with Crippen molar-refractivity contribution in [3.8, 4) is 11.3 Å². The van der Waals surface area contributed by atoms with Crippen LogP contribution in [-0.2, 0) is 0 Å². The van der Waals surface area contributed by atoms with Gasteiger partial charge in [-0.3, -0.25) is 4.79 Å². The molecular weight excluding hydrogens is 404 g/mol. The Balaban J connectivity index is 0.00000225. The van der Waals surface area contributed by atoms with Crippen molar-refractivity contribution >= 4 is 35.6 Å². The van der Waals surface area contributed by atoms with Crippen LogP contribution in [0.2, 0.25) is 5.02 Å². The summed E-state index contributed by atoms with van der Waals surface area (Å²) in [5, 5.41) is 4.42. The number of benzene rings is 2. The van der Waals surface area contributed by atoms with E-state index in [0.717, 1.165) is 5.56 Å². The second-order valence-electron chi connectivity index (χ2n) is 6.32. The van der Waals surface area contributed by atoms with Gasteiger partial charge in [0.1, 0.15) is 5.82 Å². The molecule has 0 radical (unpaired) electrons. The van der Waals surface area contributed by atoms with Crippen LogP contribution in [0, 0.1) is 5.82 Å². The first-order valence-corrected chi connectivity index (χ1v) is 9.01. The predicted octanol–water partition coefficient (Wildman–Crippen LogP) is 4.52. The highest BCUT2D eigenvalue weighted by Gasteiger charge is 2.25. The monoisotopic (exact) mass is 421 g/mol. The van der Waals surface area contributed by atoms with Crippen molar-refractivity contribution in [3.63, 3.8) is 0 Å². The number of halogens is 3. The van der Waals surface area contributed by atoms with Crippen LogP contribution in [0.5, 0.6) is 0 Å². The molecule has 0 N–H and O–H groups in total. The molecule has 4 rings (SSSR count). The summed E-state index contributed by atoms with van der Waals surface area (Å²) in [6.45, 7) is 2.13. The number of hydrogen-bond donors (Lipinski definition) is 0. The first kappa shape index (κ1) is 20.2. The lowest BCUT2D eigenvalue weighted by Crippen LogP contribution is -2.49. The summed E-state index contributed by atoms with van der Waals surface area (Å²) in [5.41, 5.74) is 1.80. The SMILES string of the molecule is Cl.O=C(c1cc(-c2ccccc2)on1)N1CCN(c2cc(F)ccc2Cl)CC1. The molecule has 1 aliphatic rings. The van der Waals surface area contributed by atoms with Gasteiger partial charge in [0.2, 0.25) is 0 Å². The molecule has 1 fully saturated rings. The fourth-order valence-electron chi connectivity index (χ4n) is 3.16. The summed E-state index contributed by atoms with van der Waals surface area (Å²) in [6, 6.07) is 15.5. The lowest BCUT2D eigenvalue weighted by atomic mass is 10.1. The Morgan fingerprint density at radius 2 is 1.75 bits per heavy atom. The van der Waals surface area contributed by atoms with Crippen LogP contribution in [0.25, 0.3) is 11.3 Å². The zero-order valence-corrected chi connectivity index (χ0v) is 16.4. The molecule has 146 valence electrons. The molecule has 2 heterocycles. The van der Waals surface area contributed by atoms with Crippen LogP contribution in [0.3, 0.4) is 0 Å². The molecule has 28 heavy (non-hydrogen) atoms. The number of rotatable bonds is 3. The normalized spacial score (nSPS) is 13.9. The average molecular weight is 422 g/mol. The summed E-state index contributed by atoms with van der Waals surface area (Å²) in [4.78, 5) is 16.4. The summed E-state index contributed by atoms with van der Waals surface area (Å²) in [6.07, 6.45) is 0. The average Bonchev–Trinajstić information content (AvgIpc) is 3.20. The molecule has 0 saturated carbocycles. The fourth-order valence-corrected chi connectivity index (χ4v) is 3.39. The van der Waals surface area contributed by atoms with E-state index in [1.54, 1.807) is 17.0 Å². The van der Waals surface area contributed by atoms with E-state index in [-0.39, 0.29) is 29.8 Å². The van der Waals surface area contributed by atoms with Gasteiger partial charge in [0.25, 0.3) is 5.91 Å². The summed E-state index contributed by atoms with van der Waals surface area (Å²) < 4.78 is 18.8. The topological polar surface area (TPSA) is 49.6 Å². The molecule has 0 bridgehead atoms. The van der Waals surface area contributed by atoms with Crippen LogP contribution in [0.15, 0.2) is 59.1 Å². The van der Waals surface area contributed by atoms with Crippen LogP contribution in [0.4, 0.5) is 10.1 Å². The Bertz CT molecular complexity index is 957. The standard InChI is InChI=1S/C20H17ClFN3O2.ClH/c21-16-7-6-15(22)12-18(16)24-8-10-25(11-9-24)20(26)17-13-19(27-23-17)14-4-2-1-3-5-14;/h1-7,12-13H,8-11H2;1H. The minimum atomic E-state index is -0.330. The maximum absolute atomic E-state index is 13.5. The van der Waals surface area contributed by atoms with E-state index in [1.165, 1.54) is 12.1 Å². The van der Waals surface area contributed by atoms with Crippen molar-refractivity contribution in [3.05, 3.63) is 71.1 Å². The second-order valence-corrected chi connectivity index (χ2v) is 6.72. The van der Waals surface area contributed by atoms with E-state index in [2.05, 4.69) is 5.16 Å². The number of carbonyl (C=O) groups is 1. The summed E-state index contributed by atoms with van der Waals surface area (Å²) >= 11 is 6.17. The Hall–Kier alpha value is -2.57. The highest BCUT2D eigenvalue weighted by molar-refractivity contribution is 6.33. The third-order valence-electron chi connectivity index (χ3n) is 4.60. The lowest BCUT2D eigenvalue weighted by molar-refractivity contribution is 0.0736. The van der Waals surface area contributed by atoms with E-state index in [1.807, 2.05) is 35.2 Å². The van der Waals surface area contributed by atoms with E-state index in [4.69, 9.17) is 16.1 Å². The van der Waals surface area contributed by atoms with E-state index >= 15 is 0 Å². The zero-order valence-electron chi connectivity index (χ0n) is 14.8. The van der Waals surface area contributed by atoms with Crippen molar-refractivity contribution in [1.82, 2.24) is 10.1 Å². The number of anilines is 1. The molecule has 1 aliphatic heterocycles. The van der Waals surface area contributed by atoms with Crippen molar-refractivity contribution in [1.29, 1.82) is 0 Å². The van der Waals surface area contributed by atoms with Gasteiger partial charge in [0.15, 0.2) is 11.5 Å². The molecule has 1 saturated heterocycles.